The molecule has 4 heterocycles. The maximum Gasteiger partial charge on any atom is 0.141 e. The molecule has 0 aliphatic carbocycles. The monoisotopic (exact) mass is 336 g/mol. The Labute approximate surface area is 147 Å². The third-order valence-electron chi connectivity index (χ3n) is 5.09. The summed E-state index contributed by atoms with van der Waals surface area (Å²) in [7, 11) is 0. The summed E-state index contributed by atoms with van der Waals surface area (Å²) in [5.41, 5.74) is 4.04. The van der Waals surface area contributed by atoms with E-state index in [1.807, 2.05) is 37.4 Å². The van der Waals surface area contributed by atoms with Crippen LogP contribution in [0.2, 0.25) is 0 Å². The molecular formula is C20H24N4O. The highest BCUT2D eigenvalue weighted by Gasteiger charge is 2.28. The van der Waals surface area contributed by atoms with Gasteiger partial charge in [0.25, 0.3) is 0 Å². The van der Waals surface area contributed by atoms with E-state index >= 15 is 0 Å². The van der Waals surface area contributed by atoms with E-state index in [0.717, 1.165) is 66.3 Å². The van der Waals surface area contributed by atoms with Crippen molar-refractivity contribution in [3.05, 3.63) is 42.4 Å². The number of fused-ring (bicyclic) bond motifs is 1. The summed E-state index contributed by atoms with van der Waals surface area (Å²) in [6.45, 7) is 7.17. The molecule has 0 aromatic carbocycles. The molecule has 3 aromatic heterocycles. The topological polar surface area (TPSA) is 62.8 Å². The molecule has 3 aromatic rings. The molecule has 2 N–H and O–H groups in total. The first kappa shape index (κ1) is 16.1. The van der Waals surface area contributed by atoms with Gasteiger partial charge in [0, 0.05) is 29.1 Å². The fourth-order valence-corrected chi connectivity index (χ4v) is 3.47. The van der Waals surface area contributed by atoms with E-state index < -0.39 is 0 Å². The minimum absolute atomic E-state index is 0.221. The fourth-order valence-electron chi connectivity index (χ4n) is 3.47. The Morgan fingerprint density at radius 2 is 2.04 bits per heavy atom. The zero-order valence-corrected chi connectivity index (χ0v) is 14.8. The number of aryl methyl sites for hydroxylation is 1. The first-order valence-electron chi connectivity index (χ1n) is 8.88. The van der Waals surface area contributed by atoms with Crippen molar-refractivity contribution in [3.8, 4) is 17.0 Å². The van der Waals surface area contributed by atoms with Crippen molar-refractivity contribution >= 4 is 11.0 Å². The van der Waals surface area contributed by atoms with E-state index in [0.29, 0.717) is 0 Å². The molecule has 0 unspecified atom stereocenters. The molecule has 1 aliphatic heterocycles. The minimum Gasteiger partial charge on any atom is -0.492 e. The minimum atomic E-state index is 0.221. The van der Waals surface area contributed by atoms with Crippen molar-refractivity contribution in [2.45, 2.75) is 26.7 Å². The normalized spacial score (nSPS) is 16.9. The maximum absolute atomic E-state index is 6.30. The van der Waals surface area contributed by atoms with Crippen LogP contribution in [-0.2, 0) is 0 Å². The molecule has 0 radical (unpaired) electrons. The summed E-state index contributed by atoms with van der Waals surface area (Å²) in [6, 6.07) is 8.02. The lowest BCUT2D eigenvalue weighted by molar-refractivity contribution is 0.124. The Kier molecular flexibility index (Phi) is 4.17. The van der Waals surface area contributed by atoms with E-state index in [9.17, 15) is 0 Å². The molecule has 0 bridgehead atoms. The number of aromatic amines is 1. The molecule has 0 atom stereocenters. The van der Waals surface area contributed by atoms with Gasteiger partial charge in [-0.05, 0) is 51.1 Å². The van der Waals surface area contributed by atoms with E-state index in [4.69, 9.17) is 4.74 Å². The lowest BCUT2D eigenvalue weighted by atomic mass is 9.82. The summed E-state index contributed by atoms with van der Waals surface area (Å²) in [5.74, 6) is 0.879. The summed E-state index contributed by atoms with van der Waals surface area (Å²) >= 11 is 0. The molecule has 5 heteroatoms. The number of rotatable bonds is 4. The van der Waals surface area contributed by atoms with Crippen LogP contribution in [0.15, 0.2) is 36.7 Å². The highest BCUT2D eigenvalue weighted by Crippen LogP contribution is 2.35. The maximum atomic E-state index is 6.30. The Bertz CT molecular complexity index is 880. The van der Waals surface area contributed by atoms with Gasteiger partial charge >= 0.3 is 0 Å². The quantitative estimate of drug-likeness (QED) is 0.762. The highest BCUT2D eigenvalue weighted by molar-refractivity contribution is 5.97. The number of hydrogen-bond acceptors (Lipinski definition) is 4. The second-order valence-corrected chi connectivity index (χ2v) is 7.25. The second kappa shape index (κ2) is 6.48. The van der Waals surface area contributed by atoms with Crippen LogP contribution in [0.1, 0.15) is 25.5 Å². The third kappa shape index (κ3) is 3.24. The summed E-state index contributed by atoms with van der Waals surface area (Å²) < 4.78 is 6.30. The zero-order valence-electron chi connectivity index (χ0n) is 14.8. The number of ether oxygens (including phenoxy) is 1. The van der Waals surface area contributed by atoms with E-state index in [-0.39, 0.29) is 5.41 Å². The van der Waals surface area contributed by atoms with Crippen LogP contribution in [0.3, 0.4) is 0 Å². The van der Waals surface area contributed by atoms with Crippen molar-refractivity contribution in [1.82, 2.24) is 20.3 Å². The van der Waals surface area contributed by atoms with Crippen molar-refractivity contribution in [2.24, 2.45) is 5.41 Å². The van der Waals surface area contributed by atoms with Crippen molar-refractivity contribution < 1.29 is 4.74 Å². The number of aromatic nitrogens is 3. The number of H-pyrrole nitrogens is 1. The fraction of sp³-hybridized carbons (Fsp3) is 0.400. The molecule has 25 heavy (non-hydrogen) atoms. The van der Waals surface area contributed by atoms with Gasteiger partial charge in [-0.15, -0.1) is 0 Å². The molecular weight excluding hydrogens is 312 g/mol. The average Bonchev–Trinajstić information content (AvgIpc) is 3.05. The van der Waals surface area contributed by atoms with E-state index in [2.05, 4.69) is 27.2 Å². The third-order valence-corrected chi connectivity index (χ3v) is 5.09. The standard InChI is InChI=1S/C20H24N4O/c1-14-4-3-5-16(24-14)15-12-23-19-18(15)17(6-9-22-19)25-13-20(2)7-10-21-11-8-20/h3-6,9,12,21H,7-8,10-11,13H2,1-2H3,(H,22,23). The van der Waals surface area contributed by atoms with Crippen LogP contribution in [0.25, 0.3) is 22.3 Å². The largest absolute Gasteiger partial charge is 0.492 e. The Morgan fingerprint density at radius 3 is 2.84 bits per heavy atom. The molecule has 0 spiro atoms. The molecule has 1 aliphatic rings. The van der Waals surface area contributed by atoms with E-state index in [1.54, 1.807) is 6.20 Å². The number of pyridine rings is 2. The molecule has 1 saturated heterocycles. The zero-order chi connectivity index (χ0) is 17.3. The lowest BCUT2D eigenvalue weighted by Crippen LogP contribution is -2.38. The van der Waals surface area contributed by atoms with Gasteiger partial charge in [0.1, 0.15) is 11.4 Å². The van der Waals surface area contributed by atoms with E-state index in [1.165, 1.54) is 0 Å². The predicted octanol–water partition coefficient (Wildman–Crippen LogP) is 3.70. The summed E-state index contributed by atoms with van der Waals surface area (Å²) in [4.78, 5) is 12.4. The predicted molar refractivity (Wildman–Crippen MR) is 99.8 cm³/mol. The highest BCUT2D eigenvalue weighted by atomic mass is 16.5. The van der Waals surface area contributed by atoms with Crippen molar-refractivity contribution in [2.75, 3.05) is 19.7 Å². The molecule has 0 saturated carbocycles. The smallest absolute Gasteiger partial charge is 0.141 e. The summed E-state index contributed by atoms with van der Waals surface area (Å²) in [5, 5.41) is 4.43. The SMILES string of the molecule is Cc1cccc(-c2c[nH]c3nccc(OCC4(C)CCNCC4)c23)n1. The Hall–Kier alpha value is -2.40. The van der Waals surface area contributed by atoms with Gasteiger partial charge in [-0.1, -0.05) is 13.0 Å². The lowest BCUT2D eigenvalue weighted by Gasteiger charge is -2.33. The van der Waals surface area contributed by atoms with Crippen LogP contribution in [0.4, 0.5) is 0 Å². The average molecular weight is 336 g/mol. The molecule has 5 nitrogen and oxygen atoms in total. The van der Waals surface area contributed by atoms with Gasteiger partial charge in [-0.25, -0.2) is 4.98 Å². The van der Waals surface area contributed by atoms with Crippen LogP contribution in [0.5, 0.6) is 5.75 Å². The van der Waals surface area contributed by atoms with Gasteiger partial charge in [0.05, 0.1) is 17.7 Å². The molecule has 1 fully saturated rings. The second-order valence-electron chi connectivity index (χ2n) is 7.25. The number of piperidine rings is 1. The van der Waals surface area contributed by atoms with Gasteiger partial charge < -0.3 is 15.0 Å². The van der Waals surface area contributed by atoms with Gasteiger partial charge in [0.2, 0.25) is 0 Å². The van der Waals surface area contributed by atoms with Gasteiger partial charge in [-0.2, -0.15) is 0 Å². The van der Waals surface area contributed by atoms with Crippen molar-refractivity contribution in [1.29, 1.82) is 0 Å². The number of nitrogens with zero attached hydrogens (tertiary/aromatic N) is 2. The van der Waals surface area contributed by atoms with Crippen LogP contribution >= 0.6 is 0 Å². The first-order chi connectivity index (χ1) is 12.1. The van der Waals surface area contributed by atoms with Crippen LogP contribution in [-0.4, -0.2) is 34.6 Å². The Morgan fingerprint density at radius 1 is 1.20 bits per heavy atom. The molecule has 0 amide bonds. The number of nitrogens with one attached hydrogen (secondary N) is 2. The summed E-state index contributed by atoms with van der Waals surface area (Å²) in [6.07, 6.45) is 6.05. The Balaban J connectivity index is 1.68. The molecule has 4 rings (SSSR count). The molecule has 130 valence electrons. The van der Waals surface area contributed by atoms with Crippen molar-refractivity contribution in [3.63, 3.8) is 0 Å². The van der Waals surface area contributed by atoms with Gasteiger partial charge in [-0.3, -0.25) is 4.98 Å². The van der Waals surface area contributed by atoms with Crippen LogP contribution < -0.4 is 10.1 Å². The van der Waals surface area contributed by atoms with Crippen LogP contribution in [0, 0.1) is 12.3 Å². The number of hydrogen-bond donors (Lipinski definition) is 2. The van der Waals surface area contributed by atoms with Gasteiger partial charge in [0.15, 0.2) is 0 Å². The first-order valence-corrected chi connectivity index (χ1v) is 8.88.